The maximum Gasteiger partial charge on any atom is 0.327 e. The molecule has 3 saturated heterocycles. The van der Waals surface area contributed by atoms with Gasteiger partial charge in [-0.25, -0.2) is 4.79 Å². The number of fused-ring (bicyclic) bond motifs is 1. The molecule has 6 heteroatoms. The Morgan fingerprint density at radius 1 is 0.958 bits per heavy atom. The average Bonchev–Trinajstić information content (AvgIpc) is 3.20. The molecule has 3 aliphatic rings. The number of imide groups is 1. The van der Waals surface area contributed by atoms with E-state index in [1.807, 2.05) is 35.2 Å². The van der Waals surface area contributed by atoms with E-state index in [2.05, 4.69) is 0 Å². The van der Waals surface area contributed by atoms with Crippen molar-refractivity contribution in [2.24, 2.45) is 0 Å². The van der Waals surface area contributed by atoms with Crippen LogP contribution in [0.15, 0.2) is 30.3 Å². The van der Waals surface area contributed by atoms with Gasteiger partial charge >= 0.3 is 6.03 Å². The minimum atomic E-state index is -0.235. The third-order valence-electron chi connectivity index (χ3n) is 5.36. The zero-order chi connectivity index (χ0) is 16.7. The van der Waals surface area contributed by atoms with Gasteiger partial charge in [0.1, 0.15) is 6.04 Å². The fraction of sp³-hybridized carbons (Fsp3) is 0.500. The molecule has 4 amide bonds. The van der Waals surface area contributed by atoms with E-state index in [-0.39, 0.29) is 29.9 Å². The Hall–Kier alpha value is -2.37. The number of rotatable bonds is 2. The summed E-state index contributed by atoms with van der Waals surface area (Å²) >= 11 is 0. The zero-order valence-corrected chi connectivity index (χ0v) is 13.6. The number of urea groups is 1. The first-order valence-electron chi connectivity index (χ1n) is 8.65. The van der Waals surface area contributed by atoms with Crippen LogP contribution in [0.3, 0.4) is 0 Å². The number of likely N-dealkylation sites (tertiary alicyclic amines) is 1. The van der Waals surface area contributed by atoms with E-state index in [4.69, 9.17) is 0 Å². The Bertz CT molecular complexity index is 645. The Balaban J connectivity index is 1.41. The Labute approximate surface area is 141 Å². The molecule has 126 valence electrons. The lowest BCUT2D eigenvalue weighted by Gasteiger charge is -2.35. The van der Waals surface area contributed by atoms with E-state index in [0.717, 1.165) is 12.8 Å². The molecule has 24 heavy (non-hydrogen) atoms. The Kier molecular flexibility index (Phi) is 3.75. The van der Waals surface area contributed by atoms with Crippen molar-refractivity contribution in [3.05, 3.63) is 35.9 Å². The smallest absolute Gasteiger partial charge is 0.327 e. The minimum absolute atomic E-state index is 0.0220. The number of benzene rings is 1. The Morgan fingerprint density at radius 2 is 1.67 bits per heavy atom. The van der Waals surface area contributed by atoms with E-state index >= 15 is 0 Å². The van der Waals surface area contributed by atoms with Crippen LogP contribution in [0.2, 0.25) is 0 Å². The lowest BCUT2D eigenvalue weighted by molar-refractivity contribution is -0.130. The van der Waals surface area contributed by atoms with Crippen molar-refractivity contribution < 1.29 is 14.4 Å². The van der Waals surface area contributed by atoms with E-state index < -0.39 is 0 Å². The van der Waals surface area contributed by atoms with Crippen molar-refractivity contribution >= 4 is 17.8 Å². The first-order valence-corrected chi connectivity index (χ1v) is 8.65. The zero-order valence-electron chi connectivity index (χ0n) is 13.6. The SMILES string of the molecule is O=C(c1ccccc1)N1CCC(N2C(=O)[C@@H]3CCCN3C2=O)CC1. The number of hydrogen-bond donors (Lipinski definition) is 0. The maximum absolute atomic E-state index is 12.5. The number of carbonyl (C=O) groups excluding carboxylic acids is 3. The largest absolute Gasteiger partial charge is 0.338 e. The molecular weight excluding hydrogens is 306 g/mol. The van der Waals surface area contributed by atoms with Gasteiger partial charge in [-0.2, -0.15) is 0 Å². The van der Waals surface area contributed by atoms with Crippen LogP contribution in [-0.2, 0) is 4.79 Å². The van der Waals surface area contributed by atoms with Crippen molar-refractivity contribution in [1.29, 1.82) is 0 Å². The molecule has 0 aliphatic carbocycles. The second kappa shape index (κ2) is 5.92. The van der Waals surface area contributed by atoms with Gasteiger partial charge in [0.25, 0.3) is 11.8 Å². The quantitative estimate of drug-likeness (QED) is 0.777. The number of piperidine rings is 1. The summed E-state index contributed by atoms with van der Waals surface area (Å²) in [5, 5.41) is 0. The van der Waals surface area contributed by atoms with Gasteiger partial charge in [0.15, 0.2) is 0 Å². The summed E-state index contributed by atoms with van der Waals surface area (Å²) in [7, 11) is 0. The van der Waals surface area contributed by atoms with Crippen LogP contribution in [0, 0.1) is 0 Å². The molecule has 0 saturated carbocycles. The third kappa shape index (κ3) is 2.37. The first-order chi connectivity index (χ1) is 11.7. The van der Waals surface area contributed by atoms with Crippen molar-refractivity contribution in [2.45, 2.75) is 37.8 Å². The average molecular weight is 327 g/mol. The molecule has 0 spiro atoms. The van der Waals surface area contributed by atoms with Gasteiger partial charge < -0.3 is 9.80 Å². The molecule has 1 aromatic rings. The van der Waals surface area contributed by atoms with Crippen molar-refractivity contribution in [2.75, 3.05) is 19.6 Å². The number of hydrogen-bond acceptors (Lipinski definition) is 3. The monoisotopic (exact) mass is 327 g/mol. The summed E-state index contributed by atoms with van der Waals surface area (Å²) in [4.78, 5) is 42.5. The van der Waals surface area contributed by atoms with Gasteiger partial charge in [0.2, 0.25) is 0 Å². The number of amides is 4. The Morgan fingerprint density at radius 3 is 2.33 bits per heavy atom. The van der Waals surface area contributed by atoms with Crippen LogP contribution in [0.4, 0.5) is 4.79 Å². The summed E-state index contributed by atoms with van der Waals surface area (Å²) in [6.07, 6.45) is 3.03. The van der Waals surface area contributed by atoms with E-state index in [9.17, 15) is 14.4 Å². The molecule has 3 heterocycles. The van der Waals surface area contributed by atoms with Crippen molar-refractivity contribution in [1.82, 2.24) is 14.7 Å². The lowest BCUT2D eigenvalue weighted by atomic mass is 10.0. The lowest BCUT2D eigenvalue weighted by Crippen LogP contribution is -2.49. The summed E-state index contributed by atoms with van der Waals surface area (Å²) < 4.78 is 0. The highest BCUT2D eigenvalue weighted by Gasteiger charge is 2.50. The van der Waals surface area contributed by atoms with Crippen LogP contribution in [-0.4, -0.2) is 64.3 Å². The highest BCUT2D eigenvalue weighted by atomic mass is 16.2. The molecule has 6 nitrogen and oxygen atoms in total. The highest BCUT2D eigenvalue weighted by molar-refractivity contribution is 6.05. The van der Waals surface area contributed by atoms with Gasteiger partial charge in [0, 0.05) is 31.2 Å². The number of nitrogens with zero attached hydrogens (tertiary/aromatic N) is 3. The van der Waals surface area contributed by atoms with E-state index in [1.54, 1.807) is 4.90 Å². The fourth-order valence-electron chi connectivity index (χ4n) is 4.07. The summed E-state index contributed by atoms with van der Waals surface area (Å²) in [5.74, 6) is -0.0147. The fourth-order valence-corrected chi connectivity index (χ4v) is 4.07. The first kappa shape index (κ1) is 15.2. The van der Waals surface area contributed by atoms with Gasteiger partial charge in [-0.1, -0.05) is 18.2 Å². The van der Waals surface area contributed by atoms with Crippen LogP contribution in [0.5, 0.6) is 0 Å². The summed E-state index contributed by atoms with van der Waals surface area (Å²) in [6, 6.07) is 8.79. The summed E-state index contributed by atoms with van der Waals surface area (Å²) in [5.41, 5.74) is 0.685. The van der Waals surface area contributed by atoms with Crippen molar-refractivity contribution in [3.63, 3.8) is 0 Å². The van der Waals surface area contributed by atoms with Gasteiger partial charge in [-0.05, 0) is 37.8 Å². The third-order valence-corrected chi connectivity index (χ3v) is 5.36. The normalized spacial score (nSPS) is 24.7. The molecule has 1 aromatic carbocycles. The van der Waals surface area contributed by atoms with Crippen molar-refractivity contribution in [3.8, 4) is 0 Å². The second-order valence-electron chi connectivity index (χ2n) is 6.73. The van der Waals surface area contributed by atoms with Gasteiger partial charge in [0.05, 0.1) is 0 Å². The molecule has 4 rings (SSSR count). The maximum atomic E-state index is 12.5. The van der Waals surface area contributed by atoms with Gasteiger partial charge in [-0.3, -0.25) is 14.5 Å². The predicted octanol–water partition coefficient (Wildman–Crippen LogP) is 1.72. The van der Waals surface area contributed by atoms with E-state index in [0.29, 0.717) is 38.0 Å². The minimum Gasteiger partial charge on any atom is -0.338 e. The molecule has 0 radical (unpaired) electrons. The molecule has 1 atom stereocenters. The molecule has 0 aromatic heterocycles. The molecule has 0 bridgehead atoms. The van der Waals surface area contributed by atoms with Crippen LogP contribution in [0.1, 0.15) is 36.0 Å². The molecule has 0 N–H and O–H groups in total. The van der Waals surface area contributed by atoms with Crippen LogP contribution < -0.4 is 0 Å². The van der Waals surface area contributed by atoms with E-state index in [1.165, 1.54) is 4.90 Å². The van der Waals surface area contributed by atoms with Gasteiger partial charge in [-0.15, -0.1) is 0 Å². The predicted molar refractivity (Wildman–Crippen MR) is 87.3 cm³/mol. The second-order valence-corrected chi connectivity index (χ2v) is 6.73. The van der Waals surface area contributed by atoms with Crippen LogP contribution >= 0.6 is 0 Å². The molecule has 3 fully saturated rings. The highest BCUT2D eigenvalue weighted by Crippen LogP contribution is 2.31. The standard InChI is InChI=1S/C18H21N3O3/c22-16(13-5-2-1-3-6-13)19-11-8-14(9-12-19)21-17(23)15-7-4-10-20(15)18(21)24/h1-3,5-6,14-15H,4,7-12H2/t15-/m0/s1. The molecule has 0 unspecified atom stereocenters. The topological polar surface area (TPSA) is 60.9 Å². The summed E-state index contributed by atoms with van der Waals surface area (Å²) in [6.45, 7) is 1.86. The molecule has 3 aliphatic heterocycles. The number of carbonyl (C=O) groups is 3. The van der Waals surface area contributed by atoms with Crippen LogP contribution in [0.25, 0.3) is 0 Å². The molecular formula is C18H21N3O3.